The number of piperazine rings is 1. The quantitative estimate of drug-likeness (QED) is 0.463. The number of piperidine rings is 1. The minimum Gasteiger partial charge on any atom is -0.381 e. The van der Waals surface area contributed by atoms with Gasteiger partial charge in [-0.2, -0.15) is 0 Å². The summed E-state index contributed by atoms with van der Waals surface area (Å²) in [4.78, 5) is 7.95. The highest BCUT2D eigenvalue weighted by Crippen LogP contribution is 2.49. The molecule has 1 aromatic rings. The van der Waals surface area contributed by atoms with Crippen LogP contribution in [0.25, 0.3) is 5.57 Å². The van der Waals surface area contributed by atoms with Crippen LogP contribution in [0.15, 0.2) is 24.3 Å². The Morgan fingerprint density at radius 2 is 1.59 bits per heavy atom. The van der Waals surface area contributed by atoms with Crippen molar-refractivity contribution in [1.82, 2.24) is 4.90 Å². The molecule has 3 saturated heterocycles. The lowest BCUT2D eigenvalue weighted by atomic mass is 9.65. The Bertz CT molecular complexity index is 933. The van der Waals surface area contributed by atoms with Crippen LogP contribution in [0.1, 0.15) is 71.8 Å². The van der Waals surface area contributed by atoms with Crippen molar-refractivity contribution >= 4 is 16.9 Å². The Hall–Kier alpha value is -1.56. The van der Waals surface area contributed by atoms with E-state index in [4.69, 9.17) is 9.47 Å². The van der Waals surface area contributed by atoms with Gasteiger partial charge in [0, 0.05) is 83.1 Å². The van der Waals surface area contributed by atoms with Gasteiger partial charge >= 0.3 is 0 Å². The number of ether oxygens (including phenoxy) is 2. The van der Waals surface area contributed by atoms with Crippen LogP contribution in [0.4, 0.5) is 11.4 Å². The normalized spacial score (nSPS) is 25.8. The van der Waals surface area contributed by atoms with Crippen molar-refractivity contribution in [2.75, 3.05) is 75.9 Å². The third-order valence-electron chi connectivity index (χ3n) is 9.20. The molecule has 4 aliphatic rings. The van der Waals surface area contributed by atoms with Crippen LogP contribution in [-0.4, -0.2) is 77.1 Å². The molecule has 206 valence electrons. The summed E-state index contributed by atoms with van der Waals surface area (Å²) in [6, 6.07) is 7.36. The van der Waals surface area contributed by atoms with Gasteiger partial charge in [-0.1, -0.05) is 33.8 Å². The van der Waals surface area contributed by atoms with E-state index in [2.05, 4.69) is 66.7 Å². The fourth-order valence-electron chi connectivity index (χ4n) is 7.63. The Morgan fingerprint density at radius 1 is 0.892 bits per heavy atom. The number of nitrogens with zero attached hydrogens (tertiary/aromatic N) is 3. The highest BCUT2D eigenvalue weighted by Gasteiger charge is 2.35. The average molecular weight is 510 g/mol. The standard InChI is InChI=1S/C32H51N3O2/c1-31(2)21-26(22-32(3,4)24-31)29-20-27(34-12-8-28(36-5)9-13-34)6-7-30(29)35-16-14-33(15-17-35)23-25-10-18-37-19-11-25/h6-7,20-21,25,28H,8-19,22-24H2,1-5H3. The maximum atomic E-state index is 5.64. The maximum absolute atomic E-state index is 5.64. The molecule has 0 spiro atoms. The molecule has 0 bridgehead atoms. The van der Waals surface area contributed by atoms with Crippen LogP contribution in [0.5, 0.6) is 0 Å². The zero-order valence-electron chi connectivity index (χ0n) is 24.2. The molecular weight excluding hydrogens is 458 g/mol. The van der Waals surface area contributed by atoms with E-state index in [1.54, 1.807) is 5.57 Å². The summed E-state index contributed by atoms with van der Waals surface area (Å²) in [7, 11) is 1.86. The topological polar surface area (TPSA) is 28.2 Å². The molecule has 3 aliphatic heterocycles. The van der Waals surface area contributed by atoms with Gasteiger partial charge in [0.25, 0.3) is 0 Å². The first kappa shape index (κ1) is 27.0. The second-order valence-corrected chi connectivity index (χ2v) is 13.6. The van der Waals surface area contributed by atoms with Gasteiger partial charge < -0.3 is 19.3 Å². The molecule has 0 aromatic heterocycles. The average Bonchev–Trinajstić information content (AvgIpc) is 2.88. The molecule has 5 nitrogen and oxygen atoms in total. The lowest BCUT2D eigenvalue weighted by Gasteiger charge is -2.42. The van der Waals surface area contributed by atoms with Crippen molar-refractivity contribution in [1.29, 1.82) is 0 Å². The van der Waals surface area contributed by atoms with Crippen molar-refractivity contribution in [3.63, 3.8) is 0 Å². The number of methoxy groups -OCH3 is 1. The van der Waals surface area contributed by atoms with Gasteiger partial charge in [-0.25, -0.2) is 0 Å². The summed E-state index contributed by atoms with van der Waals surface area (Å²) < 4.78 is 11.2. The van der Waals surface area contributed by atoms with Gasteiger partial charge in [-0.15, -0.1) is 0 Å². The highest BCUT2D eigenvalue weighted by atomic mass is 16.5. The fourth-order valence-corrected chi connectivity index (χ4v) is 7.63. The van der Waals surface area contributed by atoms with Gasteiger partial charge in [-0.3, -0.25) is 4.90 Å². The van der Waals surface area contributed by atoms with Gasteiger partial charge in [0.05, 0.1) is 6.10 Å². The van der Waals surface area contributed by atoms with E-state index in [1.807, 2.05) is 7.11 Å². The predicted molar refractivity (Wildman–Crippen MR) is 156 cm³/mol. The summed E-state index contributed by atoms with van der Waals surface area (Å²) >= 11 is 0. The SMILES string of the molecule is COC1CCN(c2ccc(N3CCN(CC4CCOCC4)CC3)c(C3=CC(C)(C)CC(C)(C)C3)c2)CC1. The third-order valence-corrected chi connectivity index (χ3v) is 9.20. The van der Waals surface area contributed by atoms with Gasteiger partial charge in [0.15, 0.2) is 0 Å². The number of benzene rings is 1. The minimum atomic E-state index is 0.226. The van der Waals surface area contributed by atoms with Crippen LogP contribution in [0, 0.1) is 16.7 Å². The molecule has 37 heavy (non-hydrogen) atoms. The summed E-state index contributed by atoms with van der Waals surface area (Å²) in [5.74, 6) is 0.814. The van der Waals surface area contributed by atoms with Gasteiger partial charge in [0.2, 0.25) is 0 Å². The molecule has 5 heteroatoms. The molecule has 0 radical (unpaired) electrons. The van der Waals surface area contributed by atoms with Crippen molar-refractivity contribution in [2.24, 2.45) is 16.7 Å². The Morgan fingerprint density at radius 3 is 2.24 bits per heavy atom. The smallest absolute Gasteiger partial charge is 0.0605 e. The molecular formula is C32H51N3O2. The number of rotatable bonds is 6. The molecule has 0 amide bonds. The molecule has 1 aromatic carbocycles. The van der Waals surface area contributed by atoms with Crippen molar-refractivity contribution < 1.29 is 9.47 Å². The fraction of sp³-hybridized carbons (Fsp3) is 0.750. The van der Waals surface area contributed by atoms with Gasteiger partial charge in [-0.05, 0) is 79.0 Å². The van der Waals surface area contributed by atoms with E-state index in [0.29, 0.717) is 11.5 Å². The molecule has 0 unspecified atom stereocenters. The number of anilines is 2. The van der Waals surface area contributed by atoms with E-state index in [-0.39, 0.29) is 5.41 Å². The summed E-state index contributed by atoms with van der Waals surface area (Å²) in [6.45, 7) is 19.6. The lowest BCUT2D eigenvalue weighted by Crippen LogP contribution is -2.48. The largest absolute Gasteiger partial charge is 0.381 e. The first-order valence-electron chi connectivity index (χ1n) is 14.9. The number of hydrogen-bond acceptors (Lipinski definition) is 5. The summed E-state index contributed by atoms with van der Waals surface area (Å²) in [6.07, 6.45) is 10.1. The van der Waals surface area contributed by atoms with E-state index in [9.17, 15) is 0 Å². The van der Waals surface area contributed by atoms with Crippen LogP contribution in [0.2, 0.25) is 0 Å². The molecule has 0 N–H and O–H groups in total. The van der Waals surface area contributed by atoms with E-state index in [1.165, 1.54) is 55.8 Å². The third kappa shape index (κ3) is 6.72. The molecule has 3 heterocycles. The highest BCUT2D eigenvalue weighted by molar-refractivity contribution is 5.81. The first-order valence-corrected chi connectivity index (χ1v) is 14.9. The molecule has 0 atom stereocenters. The monoisotopic (exact) mass is 509 g/mol. The van der Waals surface area contributed by atoms with E-state index >= 15 is 0 Å². The van der Waals surface area contributed by atoms with E-state index in [0.717, 1.165) is 64.6 Å². The minimum absolute atomic E-state index is 0.226. The molecule has 1 aliphatic carbocycles. The molecule has 3 fully saturated rings. The number of hydrogen-bond donors (Lipinski definition) is 0. The Kier molecular flexibility index (Phi) is 8.24. The lowest BCUT2D eigenvalue weighted by molar-refractivity contribution is 0.0517. The Labute approximate surface area is 226 Å². The number of allylic oxidation sites excluding steroid dienone is 2. The zero-order valence-corrected chi connectivity index (χ0v) is 24.2. The van der Waals surface area contributed by atoms with Crippen LogP contribution in [-0.2, 0) is 9.47 Å². The van der Waals surface area contributed by atoms with Crippen molar-refractivity contribution in [3.8, 4) is 0 Å². The summed E-state index contributed by atoms with van der Waals surface area (Å²) in [5, 5.41) is 0. The molecule has 5 rings (SSSR count). The van der Waals surface area contributed by atoms with Crippen LogP contribution < -0.4 is 9.80 Å². The second-order valence-electron chi connectivity index (χ2n) is 13.6. The predicted octanol–water partition coefficient (Wildman–Crippen LogP) is 6.08. The maximum Gasteiger partial charge on any atom is 0.0605 e. The van der Waals surface area contributed by atoms with Crippen LogP contribution in [0.3, 0.4) is 0 Å². The Balaban J connectivity index is 1.37. The first-order chi connectivity index (χ1) is 17.7. The second kappa shape index (κ2) is 11.3. The van der Waals surface area contributed by atoms with Crippen LogP contribution >= 0.6 is 0 Å². The molecule has 0 saturated carbocycles. The zero-order chi connectivity index (χ0) is 26.0. The van der Waals surface area contributed by atoms with Crippen molar-refractivity contribution in [3.05, 3.63) is 29.8 Å². The van der Waals surface area contributed by atoms with E-state index < -0.39 is 0 Å². The van der Waals surface area contributed by atoms with Gasteiger partial charge in [0.1, 0.15) is 0 Å². The summed E-state index contributed by atoms with van der Waals surface area (Å²) in [5.41, 5.74) is 6.40. The van der Waals surface area contributed by atoms with Crippen molar-refractivity contribution in [2.45, 2.75) is 72.3 Å².